The third-order valence-corrected chi connectivity index (χ3v) is 2.40. The first-order valence-corrected chi connectivity index (χ1v) is 5.13. The molecule has 0 saturated heterocycles. The summed E-state index contributed by atoms with van der Waals surface area (Å²) >= 11 is 0. The highest BCUT2D eigenvalue weighted by atomic mass is 19.1. The third-order valence-electron chi connectivity index (χ3n) is 2.40. The van der Waals surface area contributed by atoms with Crippen LogP contribution in [0.5, 0.6) is 0 Å². The summed E-state index contributed by atoms with van der Waals surface area (Å²) in [5.74, 6) is -0.513. The molecule has 2 nitrogen and oxygen atoms in total. The quantitative estimate of drug-likeness (QED) is 0.714. The molecule has 0 aromatic heterocycles. The molecule has 1 aliphatic heterocycles. The fraction of sp³-hybridized carbons (Fsp3) is 0.154. The van der Waals surface area contributed by atoms with Gasteiger partial charge in [-0.1, -0.05) is 13.0 Å². The first-order valence-electron chi connectivity index (χ1n) is 5.13. The molecule has 1 heterocycles. The van der Waals surface area contributed by atoms with Crippen LogP contribution in [-0.2, 0) is 0 Å². The predicted molar refractivity (Wildman–Crippen MR) is 60.8 cm³/mol. The maximum atomic E-state index is 12.7. The fourth-order valence-electron chi connectivity index (χ4n) is 1.48. The van der Waals surface area contributed by atoms with Gasteiger partial charge in [-0.15, -0.1) is 0 Å². The van der Waals surface area contributed by atoms with Crippen molar-refractivity contribution < 1.29 is 9.18 Å². The zero-order valence-electron chi connectivity index (χ0n) is 8.90. The second-order valence-corrected chi connectivity index (χ2v) is 3.51. The molecule has 0 fully saturated rings. The van der Waals surface area contributed by atoms with Gasteiger partial charge in [0.15, 0.2) is 0 Å². The molecule has 1 radical (unpaired) electrons. The Hall–Kier alpha value is -1.77. The summed E-state index contributed by atoms with van der Waals surface area (Å²) in [7, 11) is 0. The lowest BCUT2D eigenvalue weighted by atomic mass is 10.1. The minimum Gasteiger partial charge on any atom is -0.287 e. The van der Waals surface area contributed by atoms with Gasteiger partial charge in [0.1, 0.15) is 17.6 Å². The van der Waals surface area contributed by atoms with Gasteiger partial charge >= 0.3 is 0 Å². The number of Topliss-reactive ketones (excluding diaryl/α,β-unsaturated/α-hetero) is 1. The number of aliphatic imine (C=N–C) groups is 1. The number of carbonyl (C=O) groups excluding carboxylic acids is 1. The van der Waals surface area contributed by atoms with Crippen LogP contribution in [0, 0.1) is 11.9 Å². The molecule has 0 saturated carbocycles. The molecule has 16 heavy (non-hydrogen) atoms. The van der Waals surface area contributed by atoms with E-state index in [0.717, 1.165) is 12.5 Å². The minimum atomic E-state index is -0.346. The number of rotatable bonds is 3. The SMILES string of the molecule is CC[C]1C=CC(C(=O)c2ccc(F)cc2)=N1. The molecule has 1 aromatic carbocycles. The lowest BCUT2D eigenvalue weighted by Crippen LogP contribution is -2.10. The van der Waals surface area contributed by atoms with Crippen molar-refractivity contribution in [3.63, 3.8) is 0 Å². The minimum absolute atomic E-state index is 0.167. The monoisotopic (exact) mass is 216 g/mol. The van der Waals surface area contributed by atoms with Crippen LogP contribution >= 0.6 is 0 Å². The van der Waals surface area contributed by atoms with Crippen molar-refractivity contribution in [1.29, 1.82) is 0 Å². The topological polar surface area (TPSA) is 29.4 Å². The number of hydrogen-bond acceptors (Lipinski definition) is 2. The van der Waals surface area contributed by atoms with E-state index < -0.39 is 0 Å². The van der Waals surface area contributed by atoms with E-state index in [1.807, 2.05) is 13.0 Å². The van der Waals surface area contributed by atoms with Crippen LogP contribution in [0.3, 0.4) is 0 Å². The highest BCUT2D eigenvalue weighted by Crippen LogP contribution is 2.18. The Labute approximate surface area is 93.5 Å². The fourth-order valence-corrected chi connectivity index (χ4v) is 1.48. The normalized spacial score (nSPS) is 15.2. The van der Waals surface area contributed by atoms with Gasteiger partial charge in [-0.2, -0.15) is 0 Å². The van der Waals surface area contributed by atoms with E-state index >= 15 is 0 Å². The number of halogens is 1. The average Bonchev–Trinajstić information content (AvgIpc) is 2.77. The second-order valence-electron chi connectivity index (χ2n) is 3.51. The van der Waals surface area contributed by atoms with Gasteiger partial charge in [0, 0.05) is 5.56 Å². The number of carbonyl (C=O) groups is 1. The second kappa shape index (κ2) is 4.39. The third kappa shape index (κ3) is 2.08. The van der Waals surface area contributed by atoms with Crippen LogP contribution in [0.15, 0.2) is 41.4 Å². The van der Waals surface area contributed by atoms with Gasteiger partial charge in [0.25, 0.3) is 0 Å². The van der Waals surface area contributed by atoms with Crippen LogP contribution in [0.2, 0.25) is 0 Å². The Kier molecular flexibility index (Phi) is 2.95. The summed E-state index contributed by atoms with van der Waals surface area (Å²) in [5, 5.41) is 0. The Morgan fingerprint density at radius 1 is 1.25 bits per heavy atom. The number of hydrogen-bond donors (Lipinski definition) is 0. The van der Waals surface area contributed by atoms with Gasteiger partial charge in [0.2, 0.25) is 5.78 Å². The Bertz CT molecular complexity index is 459. The van der Waals surface area contributed by atoms with Gasteiger partial charge in [-0.25, -0.2) is 4.39 Å². The summed E-state index contributed by atoms with van der Waals surface area (Å²) in [4.78, 5) is 16.1. The number of benzene rings is 1. The highest BCUT2D eigenvalue weighted by Gasteiger charge is 2.17. The maximum Gasteiger partial charge on any atom is 0.210 e. The van der Waals surface area contributed by atoms with E-state index in [-0.39, 0.29) is 11.6 Å². The zero-order valence-corrected chi connectivity index (χ0v) is 8.90. The highest BCUT2D eigenvalue weighted by molar-refractivity contribution is 6.50. The average molecular weight is 216 g/mol. The maximum absolute atomic E-state index is 12.7. The Balaban J connectivity index is 2.21. The van der Waals surface area contributed by atoms with Gasteiger partial charge in [0.05, 0.1) is 0 Å². The first-order chi connectivity index (χ1) is 7.70. The molecule has 0 unspecified atom stereocenters. The van der Waals surface area contributed by atoms with Crippen LogP contribution in [0.25, 0.3) is 0 Å². The number of nitrogens with zero attached hydrogens (tertiary/aromatic N) is 1. The Morgan fingerprint density at radius 3 is 2.50 bits per heavy atom. The molecule has 0 spiro atoms. The van der Waals surface area contributed by atoms with Crippen LogP contribution in [0.4, 0.5) is 4.39 Å². The molecule has 0 N–H and O–H groups in total. The van der Waals surface area contributed by atoms with E-state index in [2.05, 4.69) is 4.99 Å². The van der Waals surface area contributed by atoms with Crippen LogP contribution in [0.1, 0.15) is 23.7 Å². The molecule has 1 aromatic rings. The molecule has 0 atom stereocenters. The van der Waals surface area contributed by atoms with Gasteiger partial charge in [-0.3, -0.25) is 9.79 Å². The van der Waals surface area contributed by atoms with Crippen molar-refractivity contribution in [2.75, 3.05) is 0 Å². The molecular formula is C13H11FNO. The van der Waals surface area contributed by atoms with E-state index in [1.54, 1.807) is 6.08 Å². The lowest BCUT2D eigenvalue weighted by molar-refractivity contribution is 0.106. The van der Waals surface area contributed by atoms with Crippen molar-refractivity contribution >= 4 is 11.5 Å². The van der Waals surface area contributed by atoms with Crippen molar-refractivity contribution in [3.05, 3.63) is 53.8 Å². The van der Waals surface area contributed by atoms with Gasteiger partial charge < -0.3 is 0 Å². The smallest absolute Gasteiger partial charge is 0.210 e. The predicted octanol–water partition coefficient (Wildman–Crippen LogP) is 2.96. The van der Waals surface area contributed by atoms with Crippen molar-refractivity contribution in [2.45, 2.75) is 13.3 Å². The van der Waals surface area contributed by atoms with Crippen molar-refractivity contribution in [1.82, 2.24) is 0 Å². The standard InChI is InChI=1S/C13H11FNO/c1-2-11-7-8-12(15-11)13(16)9-3-5-10(14)6-4-9/h3-8H,2H2,1H3. The summed E-state index contributed by atoms with van der Waals surface area (Å²) in [5.41, 5.74) is 0.880. The summed E-state index contributed by atoms with van der Waals surface area (Å²) in [6.45, 7) is 1.98. The molecule has 0 aliphatic carbocycles. The molecule has 2 rings (SSSR count). The van der Waals surface area contributed by atoms with E-state index in [4.69, 9.17) is 0 Å². The van der Waals surface area contributed by atoms with E-state index in [0.29, 0.717) is 11.3 Å². The lowest BCUT2D eigenvalue weighted by Gasteiger charge is -1.99. The molecule has 81 valence electrons. The van der Waals surface area contributed by atoms with Gasteiger partial charge in [-0.05, 0) is 36.8 Å². The first kappa shape index (κ1) is 10.7. The number of ketones is 1. The van der Waals surface area contributed by atoms with Crippen molar-refractivity contribution in [3.8, 4) is 0 Å². The summed E-state index contributed by atoms with van der Waals surface area (Å²) in [6.07, 6.45) is 4.33. The van der Waals surface area contributed by atoms with E-state index in [9.17, 15) is 9.18 Å². The molecule has 1 aliphatic rings. The van der Waals surface area contributed by atoms with Crippen molar-refractivity contribution in [2.24, 2.45) is 4.99 Å². The Morgan fingerprint density at radius 2 is 1.94 bits per heavy atom. The summed E-state index contributed by atoms with van der Waals surface area (Å²) in [6, 6.07) is 6.38. The molecule has 0 amide bonds. The van der Waals surface area contributed by atoms with E-state index in [1.165, 1.54) is 24.3 Å². The number of allylic oxidation sites excluding steroid dienone is 1. The largest absolute Gasteiger partial charge is 0.287 e. The molecular weight excluding hydrogens is 205 g/mol. The van der Waals surface area contributed by atoms with Crippen LogP contribution in [-0.4, -0.2) is 11.5 Å². The molecule has 3 heteroatoms. The zero-order chi connectivity index (χ0) is 11.5. The van der Waals surface area contributed by atoms with Crippen LogP contribution < -0.4 is 0 Å². The summed E-state index contributed by atoms with van der Waals surface area (Å²) < 4.78 is 12.7. The molecule has 0 bridgehead atoms.